The Bertz CT molecular complexity index is 675. The lowest BCUT2D eigenvalue weighted by Gasteiger charge is -2.06. The Labute approximate surface area is 126 Å². The van der Waals surface area contributed by atoms with E-state index in [1.165, 1.54) is 26.9 Å². The topological polar surface area (TPSA) is 38.9 Å². The minimum absolute atomic E-state index is 0. The lowest BCUT2D eigenvalue weighted by molar-refractivity contribution is 1.53. The highest BCUT2D eigenvalue weighted by Crippen LogP contribution is 2.34. The smallest absolute Gasteiger partial charge is 0.0488 e. The maximum absolute atomic E-state index is 6.16. The molecular formula is C14H13ClN2S2. The largest absolute Gasteiger partial charge is 0.398 e. The zero-order valence-corrected chi connectivity index (χ0v) is 12.7. The molecule has 2 aromatic heterocycles. The van der Waals surface area contributed by atoms with Gasteiger partial charge in [0.05, 0.1) is 0 Å². The van der Waals surface area contributed by atoms with Crippen LogP contribution in [-0.4, -0.2) is 4.37 Å². The fraction of sp³-hybridized carbons (Fsp3) is 0.0714. The Morgan fingerprint density at radius 2 is 2.00 bits per heavy atom. The van der Waals surface area contributed by atoms with E-state index in [-0.39, 0.29) is 12.4 Å². The second-order valence-electron chi connectivity index (χ2n) is 4.07. The molecule has 1 aromatic carbocycles. The van der Waals surface area contributed by atoms with E-state index in [2.05, 4.69) is 34.9 Å². The fourth-order valence-electron chi connectivity index (χ4n) is 1.96. The summed E-state index contributed by atoms with van der Waals surface area (Å²) in [5.74, 6) is 0. The van der Waals surface area contributed by atoms with Gasteiger partial charge >= 0.3 is 0 Å². The minimum Gasteiger partial charge on any atom is -0.398 e. The van der Waals surface area contributed by atoms with E-state index >= 15 is 0 Å². The van der Waals surface area contributed by atoms with Crippen LogP contribution in [0.3, 0.4) is 0 Å². The number of nitrogens with two attached hydrogens (primary N) is 1. The summed E-state index contributed by atoms with van der Waals surface area (Å²) in [6.45, 7) is 2.08. The van der Waals surface area contributed by atoms with Crippen molar-refractivity contribution in [2.24, 2.45) is 0 Å². The summed E-state index contributed by atoms with van der Waals surface area (Å²) in [7, 11) is 0. The predicted molar refractivity (Wildman–Crippen MR) is 87.3 cm³/mol. The van der Waals surface area contributed by atoms with Crippen molar-refractivity contribution in [3.05, 3.63) is 46.8 Å². The summed E-state index contributed by atoms with van der Waals surface area (Å²) in [6, 6.07) is 10.4. The highest BCUT2D eigenvalue weighted by atomic mass is 35.5. The van der Waals surface area contributed by atoms with E-state index in [0.717, 1.165) is 16.8 Å². The molecule has 2 nitrogen and oxygen atoms in total. The number of nitrogen functional groups attached to an aromatic ring is 1. The molecule has 0 saturated heterocycles. The Morgan fingerprint density at radius 1 is 1.16 bits per heavy atom. The number of aryl methyl sites for hydroxylation is 1. The third-order valence-corrected chi connectivity index (χ3v) is 4.51. The van der Waals surface area contributed by atoms with Crippen LogP contribution in [0.15, 0.2) is 41.9 Å². The van der Waals surface area contributed by atoms with Crippen molar-refractivity contribution in [1.29, 1.82) is 0 Å². The van der Waals surface area contributed by atoms with Crippen LogP contribution in [0.4, 0.5) is 5.69 Å². The molecule has 0 atom stereocenters. The van der Waals surface area contributed by atoms with Gasteiger partial charge in [-0.3, -0.25) is 0 Å². The van der Waals surface area contributed by atoms with Crippen molar-refractivity contribution >= 4 is 41.0 Å². The first kappa shape index (κ1) is 14.1. The Balaban J connectivity index is 0.00000133. The van der Waals surface area contributed by atoms with Crippen molar-refractivity contribution in [3.63, 3.8) is 0 Å². The molecule has 2 N–H and O–H groups in total. The molecule has 0 fully saturated rings. The predicted octanol–water partition coefficient (Wildman–Crippen LogP) is 4.85. The summed E-state index contributed by atoms with van der Waals surface area (Å²) >= 11 is 3.22. The third-order valence-electron chi connectivity index (χ3n) is 2.90. The van der Waals surface area contributed by atoms with E-state index in [1.54, 1.807) is 11.3 Å². The number of hydrogen-bond donors (Lipinski definition) is 1. The van der Waals surface area contributed by atoms with Crippen molar-refractivity contribution in [2.45, 2.75) is 6.92 Å². The summed E-state index contributed by atoms with van der Waals surface area (Å²) in [5.41, 5.74) is 10.4. The van der Waals surface area contributed by atoms with Crippen LogP contribution in [-0.2, 0) is 0 Å². The average molecular weight is 309 g/mol. The molecule has 2 heterocycles. The zero-order chi connectivity index (χ0) is 12.5. The number of anilines is 1. The molecule has 3 rings (SSSR count). The minimum atomic E-state index is 0. The van der Waals surface area contributed by atoms with Gasteiger partial charge in [0.1, 0.15) is 0 Å². The second kappa shape index (κ2) is 5.74. The van der Waals surface area contributed by atoms with Crippen molar-refractivity contribution < 1.29 is 0 Å². The number of benzene rings is 1. The van der Waals surface area contributed by atoms with Gasteiger partial charge in [0.2, 0.25) is 0 Å². The van der Waals surface area contributed by atoms with Gasteiger partial charge in [-0.1, -0.05) is 18.2 Å². The van der Waals surface area contributed by atoms with Gasteiger partial charge in [-0.05, 0) is 41.5 Å². The molecule has 0 aliphatic heterocycles. The van der Waals surface area contributed by atoms with Gasteiger partial charge in [-0.2, -0.15) is 0 Å². The highest BCUT2D eigenvalue weighted by Gasteiger charge is 2.08. The van der Waals surface area contributed by atoms with E-state index in [1.807, 2.05) is 18.3 Å². The Kier molecular flexibility index (Phi) is 4.24. The third kappa shape index (κ3) is 2.66. The van der Waals surface area contributed by atoms with Crippen LogP contribution in [0.2, 0.25) is 0 Å². The molecule has 5 heteroatoms. The normalized spacial score (nSPS) is 10.2. The average Bonchev–Trinajstić information content (AvgIpc) is 2.99. The van der Waals surface area contributed by atoms with Gasteiger partial charge in [-0.15, -0.1) is 23.7 Å². The van der Waals surface area contributed by atoms with Gasteiger partial charge < -0.3 is 5.73 Å². The van der Waals surface area contributed by atoms with Crippen LogP contribution in [0.25, 0.3) is 21.6 Å². The van der Waals surface area contributed by atoms with E-state index in [0.29, 0.717) is 0 Å². The van der Waals surface area contributed by atoms with E-state index in [4.69, 9.17) is 5.73 Å². The number of halogens is 1. The van der Waals surface area contributed by atoms with Gasteiger partial charge in [-0.25, -0.2) is 4.37 Å². The fourth-order valence-corrected chi connectivity index (χ4v) is 3.32. The first-order valence-electron chi connectivity index (χ1n) is 5.61. The molecule has 0 radical (unpaired) electrons. The number of rotatable bonds is 2. The van der Waals surface area contributed by atoms with Crippen LogP contribution < -0.4 is 5.73 Å². The number of thiophene rings is 1. The number of aromatic nitrogens is 1. The molecule has 0 amide bonds. The van der Waals surface area contributed by atoms with Crippen LogP contribution in [0, 0.1) is 6.92 Å². The van der Waals surface area contributed by atoms with Crippen LogP contribution >= 0.6 is 35.3 Å². The molecule has 0 aliphatic carbocycles. The molecule has 19 heavy (non-hydrogen) atoms. The molecular weight excluding hydrogens is 296 g/mol. The van der Waals surface area contributed by atoms with Crippen LogP contribution in [0.5, 0.6) is 0 Å². The van der Waals surface area contributed by atoms with Gasteiger partial charge in [0, 0.05) is 32.8 Å². The summed E-state index contributed by atoms with van der Waals surface area (Å²) < 4.78 is 4.20. The molecule has 3 aromatic rings. The SMILES string of the molecule is Cc1sncc1-c1ccc(-c2cccs2)c(N)c1.Cl. The second-order valence-corrected chi connectivity index (χ2v) is 6.03. The Morgan fingerprint density at radius 3 is 2.58 bits per heavy atom. The molecule has 0 spiro atoms. The molecule has 0 unspecified atom stereocenters. The Hall–Kier alpha value is -1.36. The standard InChI is InChI=1S/C14H12N2S2.ClH/c1-9-12(8-16-18-9)10-4-5-11(13(15)7-10)14-3-2-6-17-14;/h2-8H,15H2,1H3;1H. The quantitative estimate of drug-likeness (QED) is 0.687. The number of hydrogen-bond acceptors (Lipinski definition) is 4. The van der Waals surface area contributed by atoms with Crippen molar-refractivity contribution in [2.75, 3.05) is 5.73 Å². The van der Waals surface area contributed by atoms with E-state index < -0.39 is 0 Å². The summed E-state index contributed by atoms with van der Waals surface area (Å²) in [5, 5.41) is 2.07. The van der Waals surface area contributed by atoms with E-state index in [9.17, 15) is 0 Å². The van der Waals surface area contributed by atoms with Crippen molar-refractivity contribution in [3.8, 4) is 21.6 Å². The highest BCUT2D eigenvalue weighted by molar-refractivity contribution is 7.13. The maximum Gasteiger partial charge on any atom is 0.0488 e. The molecule has 0 aliphatic rings. The lowest BCUT2D eigenvalue weighted by atomic mass is 10.0. The van der Waals surface area contributed by atoms with Gasteiger partial charge in [0.15, 0.2) is 0 Å². The summed E-state index contributed by atoms with van der Waals surface area (Å²) in [4.78, 5) is 2.43. The molecule has 0 saturated carbocycles. The zero-order valence-electron chi connectivity index (χ0n) is 10.3. The van der Waals surface area contributed by atoms with Crippen LogP contribution in [0.1, 0.15) is 4.88 Å². The van der Waals surface area contributed by atoms with Gasteiger partial charge in [0.25, 0.3) is 0 Å². The molecule has 0 bridgehead atoms. The first-order valence-corrected chi connectivity index (χ1v) is 7.26. The number of nitrogens with zero attached hydrogens (tertiary/aromatic N) is 1. The lowest BCUT2D eigenvalue weighted by Crippen LogP contribution is -1.89. The van der Waals surface area contributed by atoms with Crippen molar-refractivity contribution in [1.82, 2.24) is 4.37 Å². The molecule has 98 valence electrons. The first-order chi connectivity index (χ1) is 8.75. The summed E-state index contributed by atoms with van der Waals surface area (Å²) in [6.07, 6.45) is 1.90. The monoisotopic (exact) mass is 308 g/mol. The maximum atomic E-state index is 6.16.